The van der Waals surface area contributed by atoms with Crippen molar-refractivity contribution in [2.45, 2.75) is 4.90 Å². The molecule has 2 aromatic carbocycles. The van der Waals surface area contributed by atoms with Gasteiger partial charge in [-0.3, -0.25) is 0 Å². The van der Waals surface area contributed by atoms with Crippen LogP contribution in [0.15, 0.2) is 71.0 Å². The number of nitrogens with one attached hydrogen (secondary N) is 1. The van der Waals surface area contributed by atoms with E-state index in [1.807, 2.05) is 53.9 Å². The van der Waals surface area contributed by atoms with E-state index in [2.05, 4.69) is 17.4 Å². The summed E-state index contributed by atoms with van der Waals surface area (Å²) in [6.45, 7) is 0. The SMILES string of the molecule is S=C(C=CSc1ccccc1)Nc1cccc(Cl)c1. The van der Waals surface area contributed by atoms with Crippen molar-refractivity contribution >= 4 is 46.3 Å². The van der Waals surface area contributed by atoms with Crippen molar-refractivity contribution in [2.75, 3.05) is 5.32 Å². The van der Waals surface area contributed by atoms with E-state index in [0.717, 1.165) is 5.69 Å². The molecule has 0 heterocycles. The number of hydrogen-bond donors (Lipinski definition) is 1. The number of benzene rings is 2. The Morgan fingerprint density at radius 1 is 1.11 bits per heavy atom. The molecule has 0 aliphatic rings. The molecule has 0 fully saturated rings. The zero-order valence-corrected chi connectivity index (χ0v) is 12.4. The summed E-state index contributed by atoms with van der Waals surface area (Å²) in [5.41, 5.74) is 0.895. The molecule has 0 saturated carbocycles. The first kappa shape index (κ1) is 14.1. The van der Waals surface area contributed by atoms with Gasteiger partial charge in [-0.05, 0) is 41.8 Å². The molecule has 0 bridgehead atoms. The molecule has 0 aliphatic heterocycles. The van der Waals surface area contributed by atoms with Gasteiger partial charge in [0.15, 0.2) is 0 Å². The Balaban J connectivity index is 1.88. The van der Waals surface area contributed by atoms with Crippen LogP contribution in [0.1, 0.15) is 0 Å². The van der Waals surface area contributed by atoms with Gasteiger partial charge in [-0.15, -0.1) is 0 Å². The molecule has 2 rings (SSSR count). The Bertz CT molecular complexity index is 582. The summed E-state index contributed by atoms with van der Waals surface area (Å²) in [7, 11) is 0. The van der Waals surface area contributed by atoms with Crippen LogP contribution in [0.3, 0.4) is 0 Å². The van der Waals surface area contributed by atoms with Crippen molar-refractivity contribution in [3.63, 3.8) is 0 Å². The van der Waals surface area contributed by atoms with E-state index in [1.54, 1.807) is 11.8 Å². The normalized spacial score (nSPS) is 10.6. The summed E-state index contributed by atoms with van der Waals surface area (Å²) < 4.78 is 0. The monoisotopic (exact) mass is 305 g/mol. The Morgan fingerprint density at radius 2 is 1.89 bits per heavy atom. The molecule has 19 heavy (non-hydrogen) atoms. The minimum Gasteiger partial charge on any atom is -0.347 e. The lowest BCUT2D eigenvalue weighted by atomic mass is 10.3. The molecule has 96 valence electrons. The predicted octanol–water partition coefficient (Wildman–Crippen LogP) is 5.39. The van der Waals surface area contributed by atoms with Crippen molar-refractivity contribution in [2.24, 2.45) is 0 Å². The van der Waals surface area contributed by atoms with Crippen molar-refractivity contribution in [1.82, 2.24) is 0 Å². The Labute approximate surface area is 127 Å². The zero-order chi connectivity index (χ0) is 13.5. The molecular formula is C15H12ClNS2. The quantitative estimate of drug-likeness (QED) is 0.462. The maximum atomic E-state index is 5.91. The molecule has 0 saturated heterocycles. The number of hydrogen-bond acceptors (Lipinski definition) is 2. The molecule has 1 N–H and O–H groups in total. The maximum absolute atomic E-state index is 5.91. The summed E-state index contributed by atoms with van der Waals surface area (Å²) >= 11 is 12.8. The molecule has 2 aromatic rings. The van der Waals surface area contributed by atoms with Gasteiger partial charge in [-0.2, -0.15) is 0 Å². The number of rotatable bonds is 4. The van der Waals surface area contributed by atoms with Crippen LogP contribution in [-0.4, -0.2) is 4.99 Å². The molecule has 1 nitrogen and oxygen atoms in total. The van der Waals surface area contributed by atoms with Crippen molar-refractivity contribution in [1.29, 1.82) is 0 Å². The van der Waals surface area contributed by atoms with Crippen molar-refractivity contribution in [3.8, 4) is 0 Å². The summed E-state index contributed by atoms with van der Waals surface area (Å²) in [4.78, 5) is 1.84. The van der Waals surface area contributed by atoms with Gasteiger partial charge < -0.3 is 5.32 Å². The van der Waals surface area contributed by atoms with Gasteiger partial charge >= 0.3 is 0 Å². The third kappa shape index (κ3) is 5.07. The Kier molecular flexibility index (Phi) is 5.45. The van der Waals surface area contributed by atoms with Crippen LogP contribution in [-0.2, 0) is 0 Å². The van der Waals surface area contributed by atoms with Crippen LogP contribution in [0.4, 0.5) is 5.69 Å². The zero-order valence-electron chi connectivity index (χ0n) is 10.0. The molecule has 0 radical (unpaired) electrons. The summed E-state index contributed by atoms with van der Waals surface area (Å²) in [5.74, 6) is 0. The van der Waals surface area contributed by atoms with Crippen LogP contribution in [0.2, 0.25) is 5.02 Å². The Hall–Kier alpha value is -1.29. The second kappa shape index (κ2) is 7.34. The van der Waals surface area contributed by atoms with Crippen LogP contribution in [0, 0.1) is 0 Å². The van der Waals surface area contributed by atoms with Gasteiger partial charge in [0.05, 0.1) is 0 Å². The fraction of sp³-hybridized carbons (Fsp3) is 0. The second-order valence-corrected chi connectivity index (χ2v) is 5.59. The average Bonchev–Trinajstić information content (AvgIpc) is 2.40. The molecule has 0 spiro atoms. The van der Waals surface area contributed by atoms with Crippen molar-refractivity contribution < 1.29 is 0 Å². The minimum absolute atomic E-state index is 0.658. The fourth-order valence-electron chi connectivity index (χ4n) is 1.42. The van der Waals surface area contributed by atoms with E-state index in [0.29, 0.717) is 10.0 Å². The third-order valence-electron chi connectivity index (χ3n) is 2.26. The lowest BCUT2D eigenvalue weighted by Crippen LogP contribution is -2.04. The first-order chi connectivity index (χ1) is 9.24. The third-order valence-corrected chi connectivity index (χ3v) is 3.55. The van der Waals surface area contributed by atoms with E-state index < -0.39 is 0 Å². The highest BCUT2D eigenvalue weighted by atomic mass is 35.5. The van der Waals surface area contributed by atoms with Crippen LogP contribution >= 0.6 is 35.6 Å². The largest absolute Gasteiger partial charge is 0.347 e. The number of anilines is 1. The van der Waals surface area contributed by atoms with Crippen LogP contribution in [0.5, 0.6) is 0 Å². The molecule has 0 atom stereocenters. The first-order valence-electron chi connectivity index (χ1n) is 5.69. The van der Waals surface area contributed by atoms with E-state index in [4.69, 9.17) is 23.8 Å². The van der Waals surface area contributed by atoms with Gasteiger partial charge in [0.2, 0.25) is 0 Å². The molecule has 0 unspecified atom stereocenters. The van der Waals surface area contributed by atoms with Gasteiger partial charge in [0.25, 0.3) is 0 Å². The molecule has 0 aromatic heterocycles. The van der Waals surface area contributed by atoms with Gasteiger partial charge in [0.1, 0.15) is 4.99 Å². The van der Waals surface area contributed by atoms with Gasteiger partial charge in [-0.25, -0.2) is 0 Å². The lowest BCUT2D eigenvalue weighted by Gasteiger charge is -2.04. The second-order valence-electron chi connectivity index (χ2n) is 3.73. The first-order valence-corrected chi connectivity index (χ1v) is 7.35. The summed E-state index contributed by atoms with van der Waals surface area (Å²) in [5, 5.41) is 5.77. The maximum Gasteiger partial charge on any atom is 0.104 e. The average molecular weight is 306 g/mol. The highest BCUT2D eigenvalue weighted by Gasteiger charge is 1.95. The molecule has 0 aliphatic carbocycles. The molecule has 0 amide bonds. The van der Waals surface area contributed by atoms with Gasteiger partial charge in [0, 0.05) is 15.6 Å². The number of halogens is 1. The fourth-order valence-corrected chi connectivity index (χ4v) is 2.56. The number of thiocarbonyl (C=S) groups is 1. The highest BCUT2D eigenvalue weighted by molar-refractivity contribution is 8.02. The van der Waals surface area contributed by atoms with E-state index in [-0.39, 0.29) is 0 Å². The van der Waals surface area contributed by atoms with Gasteiger partial charge in [-0.1, -0.05) is 59.8 Å². The topological polar surface area (TPSA) is 12.0 Å². The highest BCUT2D eigenvalue weighted by Crippen LogP contribution is 2.18. The number of thioether (sulfide) groups is 1. The summed E-state index contributed by atoms with van der Waals surface area (Å²) in [6, 6.07) is 17.6. The van der Waals surface area contributed by atoms with Crippen molar-refractivity contribution in [3.05, 3.63) is 71.1 Å². The standard InChI is InChI=1S/C15H12ClNS2/c16-12-5-4-6-13(11-12)17-15(18)9-10-19-14-7-2-1-3-8-14/h1-11H,(H,17,18). The van der Waals surface area contributed by atoms with Crippen LogP contribution in [0.25, 0.3) is 0 Å². The molecule has 4 heteroatoms. The van der Waals surface area contributed by atoms with E-state index in [1.165, 1.54) is 4.90 Å². The Morgan fingerprint density at radius 3 is 2.63 bits per heavy atom. The lowest BCUT2D eigenvalue weighted by molar-refractivity contribution is 1.47. The van der Waals surface area contributed by atoms with E-state index >= 15 is 0 Å². The smallest absolute Gasteiger partial charge is 0.104 e. The van der Waals surface area contributed by atoms with Crippen LogP contribution < -0.4 is 5.32 Å². The predicted molar refractivity (Wildman–Crippen MR) is 89.1 cm³/mol. The summed E-state index contributed by atoms with van der Waals surface area (Å²) in [6.07, 6.45) is 1.87. The molecular weight excluding hydrogens is 294 g/mol. The minimum atomic E-state index is 0.658. The van der Waals surface area contributed by atoms with E-state index in [9.17, 15) is 0 Å².